The number of hydrogen-bond acceptors (Lipinski definition) is 3. The third kappa shape index (κ3) is 2.19. The molecule has 3 atom stereocenters. The van der Waals surface area contributed by atoms with Crippen molar-refractivity contribution in [2.24, 2.45) is 17.8 Å². The highest BCUT2D eigenvalue weighted by molar-refractivity contribution is 5.99. The predicted octanol–water partition coefficient (Wildman–Crippen LogP) is 4.48. The number of benzene rings is 1. The van der Waals surface area contributed by atoms with E-state index in [0.29, 0.717) is 12.3 Å². The summed E-state index contributed by atoms with van der Waals surface area (Å²) in [5.41, 5.74) is 3.45. The first-order chi connectivity index (χ1) is 12.7. The van der Waals surface area contributed by atoms with Gasteiger partial charge in [0, 0.05) is 5.41 Å². The van der Waals surface area contributed by atoms with Crippen LogP contribution in [0.15, 0.2) is 53.6 Å². The van der Waals surface area contributed by atoms with Crippen molar-refractivity contribution in [1.29, 1.82) is 0 Å². The van der Waals surface area contributed by atoms with Gasteiger partial charge in [-0.15, -0.1) is 0 Å². The second-order valence-corrected chi connectivity index (χ2v) is 8.28. The number of allylic oxidation sites excluding steroid dienone is 4. The van der Waals surface area contributed by atoms with Gasteiger partial charge in [-0.1, -0.05) is 61.7 Å². The second-order valence-electron chi connectivity index (χ2n) is 8.28. The lowest BCUT2D eigenvalue weighted by atomic mass is 9.47. The fourth-order valence-corrected chi connectivity index (χ4v) is 5.73. The van der Waals surface area contributed by atoms with E-state index in [-0.39, 0.29) is 29.2 Å². The van der Waals surface area contributed by atoms with Crippen molar-refractivity contribution in [3.63, 3.8) is 0 Å². The molecule has 3 fully saturated rings. The van der Waals surface area contributed by atoms with Crippen LogP contribution in [-0.4, -0.2) is 11.9 Å². The number of carbonyl (C=O) groups is 2. The highest BCUT2D eigenvalue weighted by atomic mass is 16.6. The Bertz CT molecular complexity index is 813. The van der Waals surface area contributed by atoms with Crippen molar-refractivity contribution in [3.8, 4) is 0 Å². The van der Waals surface area contributed by atoms with Crippen LogP contribution < -0.4 is 0 Å². The van der Waals surface area contributed by atoms with Crippen LogP contribution in [0.4, 0.5) is 0 Å². The number of fused-ring (bicyclic) bond motifs is 3. The van der Waals surface area contributed by atoms with E-state index in [1.165, 1.54) is 43.3 Å². The molecule has 26 heavy (non-hydrogen) atoms. The molecule has 1 aliphatic heterocycles. The lowest BCUT2D eigenvalue weighted by Gasteiger charge is -2.53. The monoisotopic (exact) mass is 348 g/mol. The maximum atomic E-state index is 12.6. The van der Waals surface area contributed by atoms with Crippen molar-refractivity contribution in [2.45, 2.75) is 50.4 Å². The van der Waals surface area contributed by atoms with Gasteiger partial charge < -0.3 is 4.74 Å². The molecule has 1 saturated heterocycles. The maximum absolute atomic E-state index is 12.6. The molecule has 1 aromatic rings. The number of ether oxygens (including phenoxy) is 1. The molecule has 3 aliphatic carbocycles. The molecule has 0 amide bonds. The van der Waals surface area contributed by atoms with Crippen LogP contribution in [0.5, 0.6) is 0 Å². The Morgan fingerprint density at radius 3 is 2.54 bits per heavy atom. The molecule has 4 aliphatic rings. The smallest absolute Gasteiger partial charge is 0.318 e. The zero-order chi connectivity index (χ0) is 17.7. The summed E-state index contributed by atoms with van der Waals surface area (Å²) in [5.74, 6) is -0.673. The number of carbonyl (C=O) groups excluding carboxylic acids is 2. The summed E-state index contributed by atoms with van der Waals surface area (Å²) in [7, 11) is 0. The SMILES string of the molecule is O=C1OC(=O)[C@H]2[C@@H]1CC=C1/C(=C/C3CCCCC3)C[C@]12c1ccccc1. The van der Waals surface area contributed by atoms with E-state index in [1.807, 2.05) is 18.2 Å². The van der Waals surface area contributed by atoms with Crippen LogP contribution in [0.3, 0.4) is 0 Å². The third-order valence-electron chi connectivity index (χ3n) is 6.94. The number of esters is 2. The molecule has 5 rings (SSSR count). The van der Waals surface area contributed by atoms with Crippen LogP contribution in [0.1, 0.15) is 50.5 Å². The van der Waals surface area contributed by atoms with Crippen molar-refractivity contribution >= 4 is 11.9 Å². The first-order valence-corrected chi connectivity index (χ1v) is 9.93. The van der Waals surface area contributed by atoms with Gasteiger partial charge >= 0.3 is 11.9 Å². The number of hydrogen-bond donors (Lipinski definition) is 0. The van der Waals surface area contributed by atoms with Gasteiger partial charge in [0.1, 0.15) is 0 Å². The van der Waals surface area contributed by atoms with E-state index in [4.69, 9.17) is 4.74 Å². The molecule has 0 unspecified atom stereocenters. The molecule has 2 saturated carbocycles. The Morgan fingerprint density at radius 2 is 1.77 bits per heavy atom. The molecule has 134 valence electrons. The van der Waals surface area contributed by atoms with Crippen molar-refractivity contribution in [1.82, 2.24) is 0 Å². The normalized spacial score (nSPS) is 35.4. The minimum absolute atomic E-state index is 0.317. The zero-order valence-electron chi connectivity index (χ0n) is 14.9. The molecule has 1 aromatic carbocycles. The Hall–Kier alpha value is -2.16. The zero-order valence-corrected chi connectivity index (χ0v) is 14.9. The predicted molar refractivity (Wildman–Crippen MR) is 98.2 cm³/mol. The molecule has 0 radical (unpaired) electrons. The molecule has 3 heteroatoms. The van der Waals surface area contributed by atoms with Gasteiger partial charge in [0.25, 0.3) is 0 Å². The molecular weight excluding hydrogens is 324 g/mol. The fraction of sp³-hybridized carbons (Fsp3) is 0.478. The average Bonchev–Trinajstić information content (AvgIpc) is 2.95. The van der Waals surface area contributed by atoms with Crippen LogP contribution in [-0.2, 0) is 19.7 Å². The Labute approximate surface area is 154 Å². The summed E-state index contributed by atoms with van der Waals surface area (Å²) < 4.78 is 5.06. The van der Waals surface area contributed by atoms with Gasteiger partial charge in [0.2, 0.25) is 0 Å². The van der Waals surface area contributed by atoms with Gasteiger partial charge in [-0.25, -0.2) is 0 Å². The minimum atomic E-state index is -0.367. The summed E-state index contributed by atoms with van der Waals surface area (Å²) in [6, 6.07) is 10.2. The average molecular weight is 348 g/mol. The standard InChI is InChI=1S/C23H24O3/c24-21-18-11-12-19-16(13-15-7-3-1-4-8-15)14-23(19,20(18)22(25)26-21)17-9-5-2-6-10-17/h2,5-6,9-10,12-13,15,18,20H,1,3-4,7-8,11,14H2/b16-13+/t18-,20+,23-/m0/s1. The minimum Gasteiger partial charge on any atom is -0.393 e. The fourth-order valence-electron chi connectivity index (χ4n) is 5.73. The van der Waals surface area contributed by atoms with Gasteiger partial charge in [-0.05, 0) is 48.3 Å². The van der Waals surface area contributed by atoms with E-state index >= 15 is 0 Å². The van der Waals surface area contributed by atoms with Crippen LogP contribution in [0.2, 0.25) is 0 Å². The van der Waals surface area contributed by atoms with Crippen molar-refractivity contribution in [2.75, 3.05) is 0 Å². The lowest BCUT2D eigenvalue weighted by Crippen LogP contribution is -2.52. The second kappa shape index (κ2) is 5.94. The van der Waals surface area contributed by atoms with E-state index in [0.717, 1.165) is 12.0 Å². The summed E-state index contributed by atoms with van der Waals surface area (Å²) in [4.78, 5) is 24.8. The maximum Gasteiger partial charge on any atom is 0.318 e. The van der Waals surface area contributed by atoms with Gasteiger partial charge in [-0.2, -0.15) is 0 Å². The van der Waals surface area contributed by atoms with E-state index < -0.39 is 0 Å². The third-order valence-corrected chi connectivity index (χ3v) is 6.94. The number of rotatable bonds is 2. The first kappa shape index (κ1) is 16.0. The summed E-state index contributed by atoms with van der Waals surface area (Å²) >= 11 is 0. The Balaban J connectivity index is 1.57. The van der Waals surface area contributed by atoms with Crippen molar-refractivity contribution in [3.05, 3.63) is 59.2 Å². The molecule has 1 heterocycles. The molecule has 0 spiro atoms. The Morgan fingerprint density at radius 1 is 1.00 bits per heavy atom. The first-order valence-electron chi connectivity index (χ1n) is 9.93. The highest BCUT2D eigenvalue weighted by Crippen LogP contribution is 2.63. The van der Waals surface area contributed by atoms with Gasteiger partial charge in [0.15, 0.2) is 0 Å². The van der Waals surface area contributed by atoms with Gasteiger partial charge in [-0.3, -0.25) is 9.59 Å². The summed E-state index contributed by atoms with van der Waals surface area (Å²) in [6.45, 7) is 0. The van der Waals surface area contributed by atoms with E-state index in [9.17, 15) is 9.59 Å². The molecule has 0 N–H and O–H groups in total. The topological polar surface area (TPSA) is 43.4 Å². The van der Waals surface area contributed by atoms with Crippen molar-refractivity contribution < 1.29 is 14.3 Å². The quantitative estimate of drug-likeness (QED) is 0.584. The molecule has 0 bridgehead atoms. The summed E-state index contributed by atoms with van der Waals surface area (Å²) in [5, 5.41) is 0. The largest absolute Gasteiger partial charge is 0.393 e. The van der Waals surface area contributed by atoms with E-state index in [2.05, 4.69) is 24.3 Å². The van der Waals surface area contributed by atoms with E-state index in [1.54, 1.807) is 0 Å². The highest BCUT2D eigenvalue weighted by Gasteiger charge is 2.64. The Kier molecular flexibility index (Phi) is 3.66. The van der Waals surface area contributed by atoms with Crippen LogP contribution >= 0.6 is 0 Å². The molecular formula is C23H24O3. The summed E-state index contributed by atoms with van der Waals surface area (Å²) in [6.07, 6.45) is 12.7. The lowest BCUT2D eigenvalue weighted by molar-refractivity contribution is -0.154. The molecule has 3 nitrogen and oxygen atoms in total. The van der Waals surface area contributed by atoms with Crippen LogP contribution in [0, 0.1) is 17.8 Å². The molecule has 0 aromatic heterocycles. The van der Waals surface area contributed by atoms with Crippen LogP contribution in [0.25, 0.3) is 0 Å². The van der Waals surface area contributed by atoms with Gasteiger partial charge in [0.05, 0.1) is 11.8 Å². The number of cyclic esters (lactones) is 2.